The van der Waals surface area contributed by atoms with E-state index in [2.05, 4.69) is 10.2 Å². The second-order valence-electron chi connectivity index (χ2n) is 5.13. The number of carbonyl (C=O) groups is 2. The summed E-state index contributed by atoms with van der Waals surface area (Å²) in [6.07, 6.45) is -11.5. The fourth-order valence-corrected chi connectivity index (χ4v) is 1.99. The van der Waals surface area contributed by atoms with Crippen LogP contribution in [0.2, 0.25) is 0 Å². The number of hydrogen-bond donors (Lipinski definition) is 2. The van der Waals surface area contributed by atoms with Gasteiger partial charge in [0.1, 0.15) is 6.04 Å². The monoisotopic (exact) mass is 369 g/mol. The normalized spacial score (nSPS) is 17.0. The maximum Gasteiger partial charge on any atom is 0.442 e. The summed E-state index contributed by atoms with van der Waals surface area (Å²) in [6.45, 7) is 0. The third-order valence-electron chi connectivity index (χ3n) is 3.26. The Kier molecular flexibility index (Phi) is 4.49. The van der Waals surface area contributed by atoms with E-state index in [1.165, 1.54) is 0 Å². The molecular formula is C13H9F6N3O3. The molecule has 1 aromatic rings. The standard InChI is InChI=1S/C13H9F6N3O3/c14-11(15,16)5-8(10(24)25)20-9(23)6-2-1-3-7(4-6)12(21-22-12)13(17,18)19/h1-4,8H,5H2,(H,20,23)(H,24,25). The minimum absolute atomic E-state index is 0.452. The van der Waals surface area contributed by atoms with Crippen molar-refractivity contribution in [3.05, 3.63) is 35.4 Å². The molecule has 6 nitrogen and oxygen atoms in total. The Morgan fingerprint density at radius 1 is 1.16 bits per heavy atom. The average Bonchev–Trinajstić information content (AvgIpc) is 3.26. The van der Waals surface area contributed by atoms with Gasteiger partial charge in [0, 0.05) is 11.1 Å². The van der Waals surface area contributed by atoms with Crippen molar-refractivity contribution < 1.29 is 41.0 Å². The van der Waals surface area contributed by atoms with E-state index in [1.54, 1.807) is 5.32 Å². The zero-order chi connectivity index (χ0) is 19.0. The molecule has 2 rings (SSSR count). The second-order valence-corrected chi connectivity index (χ2v) is 5.13. The van der Waals surface area contributed by atoms with Gasteiger partial charge in [-0.1, -0.05) is 12.1 Å². The topological polar surface area (TPSA) is 91.1 Å². The first-order valence-electron chi connectivity index (χ1n) is 6.57. The second kappa shape index (κ2) is 6.01. The van der Waals surface area contributed by atoms with Gasteiger partial charge in [0.15, 0.2) is 0 Å². The van der Waals surface area contributed by atoms with E-state index in [1.807, 2.05) is 0 Å². The number of carbonyl (C=O) groups excluding carboxylic acids is 1. The number of carboxylic acids is 1. The molecule has 1 amide bonds. The SMILES string of the molecule is O=C(NC(CC(F)(F)F)C(=O)O)c1cccc(C2(C(F)(F)F)N=N2)c1. The number of hydrogen-bond acceptors (Lipinski definition) is 4. The van der Waals surface area contributed by atoms with Crippen molar-refractivity contribution in [3.63, 3.8) is 0 Å². The summed E-state index contributed by atoms with van der Waals surface area (Å²) in [5, 5.41) is 16.2. The van der Waals surface area contributed by atoms with Crippen LogP contribution in [0.4, 0.5) is 26.3 Å². The molecular weight excluding hydrogens is 360 g/mol. The molecule has 1 heterocycles. The molecule has 136 valence electrons. The van der Waals surface area contributed by atoms with E-state index in [0.717, 1.165) is 24.3 Å². The average molecular weight is 369 g/mol. The van der Waals surface area contributed by atoms with E-state index in [0.29, 0.717) is 0 Å². The lowest BCUT2D eigenvalue weighted by Crippen LogP contribution is -2.43. The van der Waals surface area contributed by atoms with E-state index >= 15 is 0 Å². The van der Waals surface area contributed by atoms with Gasteiger partial charge in [0.2, 0.25) is 0 Å². The maximum atomic E-state index is 12.9. The number of benzene rings is 1. The molecule has 1 aromatic carbocycles. The summed E-state index contributed by atoms with van der Waals surface area (Å²) in [6, 6.07) is 1.55. The molecule has 0 saturated heterocycles. The number of aliphatic carboxylic acids is 1. The van der Waals surface area contributed by atoms with Crippen LogP contribution in [0.5, 0.6) is 0 Å². The highest BCUT2D eigenvalue weighted by atomic mass is 19.4. The largest absolute Gasteiger partial charge is 0.480 e. The predicted molar refractivity (Wildman–Crippen MR) is 68.6 cm³/mol. The molecule has 0 spiro atoms. The van der Waals surface area contributed by atoms with Crippen molar-refractivity contribution in [1.82, 2.24) is 5.32 Å². The lowest BCUT2D eigenvalue weighted by Gasteiger charge is -2.18. The highest BCUT2D eigenvalue weighted by Crippen LogP contribution is 2.52. The van der Waals surface area contributed by atoms with Gasteiger partial charge in [-0.05, 0) is 12.1 Å². The van der Waals surface area contributed by atoms with Crippen LogP contribution in [0.1, 0.15) is 22.3 Å². The van der Waals surface area contributed by atoms with Crippen molar-refractivity contribution in [1.29, 1.82) is 0 Å². The lowest BCUT2D eigenvalue weighted by molar-refractivity contribution is -0.166. The summed E-state index contributed by atoms with van der Waals surface area (Å²) in [7, 11) is 0. The number of halogens is 6. The minimum Gasteiger partial charge on any atom is -0.480 e. The summed E-state index contributed by atoms with van der Waals surface area (Å²) >= 11 is 0. The van der Waals surface area contributed by atoms with Gasteiger partial charge in [-0.3, -0.25) is 4.79 Å². The van der Waals surface area contributed by atoms with E-state index in [4.69, 9.17) is 5.11 Å². The number of amides is 1. The Labute approximate surface area is 135 Å². The van der Waals surface area contributed by atoms with Crippen LogP contribution in [0, 0.1) is 0 Å². The molecule has 1 aliphatic rings. The fourth-order valence-electron chi connectivity index (χ4n) is 1.99. The Bertz CT molecular complexity index is 722. The van der Waals surface area contributed by atoms with Crippen LogP contribution >= 0.6 is 0 Å². The highest BCUT2D eigenvalue weighted by molar-refractivity contribution is 5.96. The number of rotatable bonds is 5. The van der Waals surface area contributed by atoms with Gasteiger partial charge < -0.3 is 10.4 Å². The van der Waals surface area contributed by atoms with E-state index in [9.17, 15) is 35.9 Å². The smallest absolute Gasteiger partial charge is 0.442 e. The molecule has 0 aliphatic carbocycles. The van der Waals surface area contributed by atoms with Crippen LogP contribution in [0.15, 0.2) is 34.5 Å². The quantitative estimate of drug-likeness (QED) is 0.782. The first-order chi connectivity index (χ1) is 11.4. The minimum atomic E-state index is -4.86. The third-order valence-corrected chi connectivity index (χ3v) is 3.26. The third kappa shape index (κ3) is 4.06. The van der Waals surface area contributed by atoms with Crippen molar-refractivity contribution in [2.45, 2.75) is 30.5 Å². The van der Waals surface area contributed by atoms with Crippen molar-refractivity contribution >= 4 is 11.9 Å². The van der Waals surface area contributed by atoms with Crippen molar-refractivity contribution in [2.75, 3.05) is 0 Å². The molecule has 0 radical (unpaired) electrons. The first-order valence-corrected chi connectivity index (χ1v) is 6.57. The van der Waals surface area contributed by atoms with Gasteiger partial charge >= 0.3 is 24.0 Å². The fraction of sp³-hybridized carbons (Fsp3) is 0.385. The predicted octanol–water partition coefficient (Wildman–Crippen LogP) is 3.00. The van der Waals surface area contributed by atoms with Crippen LogP contribution in [-0.2, 0) is 10.5 Å². The molecule has 2 N–H and O–H groups in total. The zero-order valence-electron chi connectivity index (χ0n) is 12.0. The van der Waals surface area contributed by atoms with Crippen LogP contribution in [0.25, 0.3) is 0 Å². The maximum absolute atomic E-state index is 12.9. The summed E-state index contributed by atoms with van der Waals surface area (Å²) in [4.78, 5) is 22.7. The summed E-state index contributed by atoms with van der Waals surface area (Å²) in [5.41, 5.74) is -3.76. The van der Waals surface area contributed by atoms with Crippen molar-refractivity contribution in [2.24, 2.45) is 10.2 Å². The van der Waals surface area contributed by atoms with Gasteiger partial charge in [0.25, 0.3) is 5.91 Å². The Balaban J connectivity index is 2.20. The molecule has 1 aliphatic heterocycles. The van der Waals surface area contributed by atoms with E-state index < -0.39 is 53.5 Å². The molecule has 0 saturated carbocycles. The van der Waals surface area contributed by atoms with Gasteiger partial charge in [0.05, 0.1) is 6.42 Å². The zero-order valence-corrected chi connectivity index (χ0v) is 12.0. The molecule has 0 bridgehead atoms. The molecule has 25 heavy (non-hydrogen) atoms. The number of carboxylic acid groups (broad SMARTS) is 1. The van der Waals surface area contributed by atoms with Crippen molar-refractivity contribution in [3.8, 4) is 0 Å². The molecule has 0 aromatic heterocycles. The molecule has 12 heteroatoms. The van der Waals surface area contributed by atoms with Crippen LogP contribution in [-0.4, -0.2) is 35.4 Å². The molecule has 1 unspecified atom stereocenters. The summed E-state index contributed by atoms with van der Waals surface area (Å²) < 4.78 is 75.7. The molecule has 1 atom stereocenters. The van der Waals surface area contributed by atoms with Crippen LogP contribution < -0.4 is 5.32 Å². The number of nitrogens with zero attached hydrogens (tertiary/aromatic N) is 2. The number of nitrogens with one attached hydrogen (secondary N) is 1. The van der Waals surface area contributed by atoms with Gasteiger partial charge in [-0.2, -0.15) is 26.3 Å². The molecule has 0 fully saturated rings. The van der Waals surface area contributed by atoms with E-state index in [-0.39, 0.29) is 0 Å². The number of alkyl halides is 6. The Hall–Kier alpha value is -2.66. The van der Waals surface area contributed by atoms with Gasteiger partial charge in [-0.25, -0.2) is 4.79 Å². The van der Waals surface area contributed by atoms with Gasteiger partial charge in [-0.15, -0.1) is 10.2 Å². The first kappa shape index (κ1) is 18.7. The Morgan fingerprint density at radius 3 is 2.20 bits per heavy atom. The lowest BCUT2D eigenvalue weighted by atomic mass is 10.00. The van der Waals surface area contributed by atoms with Crippen LogP contribution in [0.3, 0.4) is 0 Å². The highest BCUT2D eigenvalue weighted by Gasteiger charge is 2.65. The Morgan fingerprint density at radius 2 is 1.76 bits per heavy atom. The summed E-state index contributed by atoms with van der Waals surface area (Å²) in [5.74, 6) is -3.20.